The summed E-state index contributed by atoms with van der Waals surface area (Å²) in [5, 5.41) is 12.1. The molecule has 0 aliphatic carbocycles. The molecule has 1 aliphatic rings. The summed E-state index contributed by atoms with van der Waals surface area (Å²) in [7, 11) is 0. The van der Waals surface area contributed by atoms with E-state index >= 15 is 0 Å². The van der Waals surface area contributed by atoms with Gasteiger partial charge in [0.2, 0.25) is 5.91 Å². The van der Waals surface area contributed by atoms with Crippen LogP contribution in [0.25, 0.3) is 0 Å². The van der Waals surface area contributed by atoms with Crippen LogP contribution in [-0.4, -0.2) is 23.6 Å². The molecule has 23 heavy (non-hydrogen) atoms. The first-order valence-electron chi connectivity index (χ1n) is 7.26. The molecule has 2 aromatic rings. The Bertz CT molecular complexity index is 719. The average molecular weight is 339 g/mol. The van der Waals surface area contributed by atoms with Crippen molar-refractivity contribution in [2.24, 2.45) is 0 Å². The zero-order valence-electron chi connectivity index (χ0n) is 12.3. The van der Waals surface area contributed by atoms with Crippen molar-refractivity contribution in [3.8, 4) is 0 Å². The molecule has 0 bridgehead atoms. The van der Waals surface area contributed by atoms with Crippen LogP contribution in [0, 0.1) is 5.82 Å². The van der Waals surface area contributed by atoms with Crippen molar-refractivity contribution >= 4 is 23.2 Å². The normalized spacial score (nSPS) is 18.0. The van der Waals surface area contributed by atoms with Crippen molar-refractivity contribution in [1.82, 2.24) is 5.32 Å². The minimum Gasteiger partial charge on any atom is -0.462 e. The number of carbonyl (C=O) groups is 1. The van der Waals surface area contributed by atoms with Crippen LogP contribution in [0.2, 0.25) is 5.02 Å². The Balaban J connectivity index is 1.63. The second kappa shape index (κ2) is 6.70. The van der Waals surface area contributed by atoms with E-state index in [2.05, 4.69) is 5.32 Å². The van der Waals surface area contributed by atoms with Gasteiger partial charge in [0.1, 0.15) is 23.9 Å². The molecule has 0 radical (unpaired) electrons. The molecule has 0 unspecified atom stereocenters. The largest absolute Gasteiger partial charge is 0.462 e. The zero-order chi connectivity index (χ0) is 16.4. The minimum absolute atomic E-state index is 0.00109. The molecule has 1 atom stereocenters. The predicted octanol–water partition coefficient (Wildman–Crippen LogP) is 2.46. The zero-order valence-corrected chi connectivity index (χ0v) is 13.0. The summed E-state index contributed by atoms with van der Waals surface area (Å²) in [4.78, 5) is 14.0. The van der Waals surface area contributed by atoms with E-state index in [1.54, 1.807) is 23.1 Å². The maximum absolute atomic E-state index is 13.2. The number of nitrogens with zero attached hydrogens (tertiary/aromatic N) is 1. The van der Waals surface area contributed by atoms with E-state index in [0.717, 1.165) is 0 Å². The highest BCUT2D eigenvalue weighted by molar-refractivity contribution is 6.31. The topological polar surface area (TPSA) is 65.7 Å². The van der Waals surface area contributed by atoms with E-state index in [4.69, 9.17) is 21.1 Å². The SMILES string of the molecule is O=C1[C@@H](NCc2ccc(CO)o2)CCN1c1ccc(F)c(Cl)c1. The maximum Gasteiger partial charge on any atom is 0.244 e. The molecule has 1 fully saturated rings. The molecule has 2 N–H and O–H groups in total. The van der Waals surface area contributed by atoms with E-state index in [0.29, 0.717) is 36.7 Å². The number of hydrogen-bond acceptors (Lipinski definition) is 4. The molecule has 1 amide bonds. The third-order valence-electron chi connectivity index (χ3n) is 3.82. The lowest BCUT2D eigenvalue weighted by Gasteiger charge is -2.17. The molecule has 1 aromatic heterocycles. The smallest absolute Gasteiger partial charge is 0.244 e. The second-order valence-electron chi connectivity index (χ2n) is 5.34. The number of rotatable bonds is 5. The van der Waals surface area contributed by atoms with Gasteiger partial charge in [0, 0.05) is 12.2 Å². The van der Waals surface area contributed by atoms with Crippen molar-refractivity contribution in [2.45, 2.75) is 25.6 Å². The van der Waals surface area contributed by atoms with Gasteiger partial charge in [-0.25, -0.2) is 4.39 Å². The third-order valence-corrected chi connectivity index (χ3v) is 4.11. The summed E-state index contributed by atoms with van der Waals surface area (Å²) in [5.74, 6) is 0.558. The van der Waals surface area contributed by atoms with E-state index < -0.39 is 5.82 Å². The van der Waals surface area contributed by atoms with Crippen LogP contribution in [0.4, 0.5) is 10.1 Å². The molecule has 122 valence electrons. The Hall–Kier alpha value is -1.89. The lowest BCUT2D eigenvalue weighted by Crippen LogP contribution is -2.37. The van der Waals surface area contributed by atoms with Crippen molar-refractivity contribution in [2.75, 3.05) is 11.4 Å². The second-order valence-corrected chi connectivity index (χ2v) is 5.74. The van der Waals surface area contributed by atoms with Gasteiger partial charge in [-0.2, -0.15) is 0 Å². The molecular weight excluding hydrogens is 323 g/mol. The number of halogens is 2. The standard InChI is InChI=1S/C16H16ClFN2O3/c17-13-7-10(1-4-14(13)18)20-6-5-15(16(20)22)19-8-11-2-3-12(9-21)23-11/h1-4,7,15,19,21H,5-6,8-9H2/t15-/m0/s1. The number of benzene rings is 1. The van der Waals surface area contributed by atoms with Gasteiger partial charge in [0.25, 0.3) is 0 Å². The highest BCUT2D eigenvalue weighted by Crippen LogP contribution is 2.26. The van der Waals surface area contributed by atoms with Crippen LogP contribution >= 0.6 is 11.6 Å². The van der Waals surface area contributed by atoms with Crippen molar-refractivity contribution in [3.63, 3.8) is 0 Å². The number of nitrogens with one attached hydrogen (secondary N) is 1. The van der Waals surface area contributed by atoms with Gasteiger partial charge in [-0.3, -0.25) is 10.1 Å². The molecule has 2 heterocycles. The molecule has 1 saturated heterocycles. The van der Waals surface area contributed by atoms with Gasteiger partial charge in [0.05, 0.1) is 17.6 Å². The summed E-state index contributed by atoms with van der Waals surface area (Å²) >= 11 is 5.77. The molecular formula is C16H16ClFN2O3. The molecule has 3 rings (SSSR count). The highest BCUT2D eigenvalue weighted by atomic mass is 35.5. The fraction of sp³-hybridized carbons (Fsp3) is 0.312. The summed E-state index contributed by atoms with van der Waals surface area (Å²) in [6.07, 6.45) is 0.640. The molecule has 7 heteroatoms. The van der Waals surface area contributed by atoms with Gasteiger partial charge in [-0.05, 0) is 36.8 Å². The van der Waals surface area contributed by atoms with Gasteiger partial charge in [-0.15, -0.1) is 0 Å². The monoisotopic (exact) mass is 338 g/mol. The lowest BCUT2D eigenvalue weighted by atomic mass is 10.2. The summed E-state index contributed by atoms with van der Waals surface area (Å²) in [5.41, 5.74) is 0.589. The number of aliphatic hydroxyl groups is 1. The van der Waals surface area contributed by atoms with E-state index in [1.807, 2.05) is 0 Å². The minimum atomic E-state index is -0.505. The first-order chi connectivity index (χ1) is 11.1. The van der Waals surface area contributed by atoms with E-state index in [9.17, 15) is 9.18 Å². The number of hydrogen-bond donors (Lipinski definition) is 2. The van der Waals surface area contributed by atoms with Crippen LogP contribution < -0.4 is 10.2 Å². The van der Waals surface area contributed by atoms with Crippen molar-refractivity contribution in [1.29, 1.82) is 0 Å². The molecule has 0 saturated carbocycles. The van der Waals surface area contributed by atoms with Gasteiger partial charge >= 0.3 is 0 Å². The first-order valence-corrected chi connectivity index (χ1v) is 7.64. The van der Waals surface area contributed by atoms with Gasteiger partial charge in [0.15, 0.2) is 0 Å². The number of aliphatic hydroxyl groups excluding tert-OH is 1. The van der Waals surface area contributed by atoms with Crippen LogP contribution in [-0.2, 0) is 17.9 Å². The summed E-state index contributed by atoms with van der Waals surface area (Å²) < 4.78 is 18.6. The molecule has 1 aliphatic heterocycles. The predicted molar refractivity (Wildman–Crippen MR) is 83.6 cm³/mol. The highest BCUT2D eigenvalue weighted by Gasteiger charge is 2.32. The van der Waals surface area contributed by atoms with Gasteiger partial charge < -0.3 is 14.4 Å². The molecule has 0 spiro atoms. The Morgan fingerprint density at radius 1 is 1.35 bits per heavy atom. The first kappa shape index (κ1) is 16.0. The van der Waals surface area contributed by atoms with Crippen LogP contribution in [0.1, 0.15) is 17.9 Å². The van der Waals surface area contributed by atoms with Crippen molar-refractivity contribution in [3.05, 3.63) is 52.7 Å². The Labute approximate surface area is 137 Å². The third kappa shape index (κ3) is 3.39. The lowest BCUT2D eigenvalue weighted by molar-refractivity contribution is -0.118. The summed E-state index contributed by atoms with van der Waals surface area (Å²) in [6.45, 7) is 0.786. The van der Waals surface area contributed by atoms with Crippen LogP contribution in [0.3, 0.4) is 0 Å². The van der Waals surface area contributed by atoms with Gasteiger partial charge in [-0.1, -0.05) is 11.6 Å². The van der Waals surface area contributed by atoms with Crippen LogP contribution in [0.5, 0.6) is 0 Å². The number of anilines is 1. The fourth-order valence-electron chi connectivity index (χ4n) is 2.60. The summed E-state index contributed by atoms with van der Waals surface area (Å²) in [6, 6.07) is 7.38. The molecule has 5 nitrogen and oxygen atoms in total. The van der Waals surface area contributed by atoms with E-state index in [1.165, 1.54) is 12.1 Å². The number of amides is 1. The Kier molecular flexibility index (Phi) is 4.66. The fourth-order valence-corrected chi connectivity index (χ4v) is 2.78. The Morgan fingerprint density at radius 2 is 2.13 bits per heavy atom. The van der Waals surface area contributed by atoms with Crippen molar-refractivity contribution < 1.29 is 18.7 Å². The molecule has 1 aromatic carbocycles. The Morgan fingerprint density at radius 3 is 2.83 bits per heavy atom. The quantitative estimate of drug-likeness (QED) is 0.879. The number of carbonyl (C=O) groups excluding carboxylic acids is 1. The van der Waals surface area contributed by atoms with Crippen LogP contribution in [0.15, 0.2) is 34.7 Å². The maximum atomic E-state index is 13.2. The number of furan rings is 1. The average Bonchev–Trinajstić information content (AvgIpc) is 3.15. The van der Waals surface area contributed by atoms with E-state index in [-0.39, 0.29) is 23.6 Å².